The summed E-state index contributed by atoms with van der Waals surface area (Å²) >= 11 is 0. The summed E-state index contributed by atoms with van der Waals surface area (Å²) < 4.78 is 28.9. The van der Waals surface area contributed by atoms with Crippen molar-refractivity contribution in [1.29, 1.82) is 0 Å². The molecule has 3 heterocycles. The summed E-state index contributed by atoms with van der Waals surface area (Å²) in [5, 5.41) is 11.5. The Morgan fingerprint density at radius 2 is 2.06 bits per heavy atom. The Balaban J connectivity index is 1.79. The molecule has 182 valence electrons. The van der Waals surface area contributed by atoms with Gasteiger partial charge in [-0.1, -0.05) is 12.1 Å². The molecule has 1 fully saturated rings. The zero-order chi connectivity index (χ0) is 24.7. The molecule has 4 atom stereocenters. The monoisotopic (exact) mass is 472 g/mol. The van der Waals surface area contributed by atoms with E-state index < -0.39 is 35.0 Å². The molecule has 9 nitrogen and oxygen atoms in total. The number of hydrogen-bond acceptors (Lipinski definition) is 9. The van der Waals surface area contributed by atoms with Gasteiger partial charge in [-0.3, -0.25) is 9.59 Å². The van der Waals surface area contributed by atoms with Crippen LogP contribution in [0.5, 0.6) is 5.75 Å². The minimum atomic E-state index is -1.58. The highest BCUT2D eigenvalue weighted by atomic mass is 16.7. The van der Waals surface area contributed by atoms with Crippen LogP contribution in [0.1, 0.15) is 50.4 Å². The van der Waals surface area contributed by atoms with Crippen LogP contribution in [0.3, 0.4) is 0 Å². The second kappa shape index (κ2) is 8.65. The molecule has 4 rings (SSSR count). The second-order valence-electron chi connectivity index (χ2n) is 9.22. The van der Waals surface area contributed by atoms with Crippen molar-refractivity contribution in [2.45, 2.75) is 63.1 Å². The number of aldehydes is 1. The number of carbonyl (C=O) groups is 3. The Labute approximate surface area is 197 Å². The lowest BCUT2D eigenvalue weighted by molar-refractivity contribution is -0.310. The molecule has 3 aliphatic rings. The zero-order valence-electron chi connectivity index (χ0n) is 19.6. The first kappa shape index (κ1) is 24.1. The molecule has 0 amide bonds. The molecule has 0 aliphatic carbocycles. The predicted octanol–water partition coefficient (Wildman–Crippen LogP) is 2.61. The predicted molar refractivity (Wildman–Crippen MR) is 118 cm³/mol. The van der Waals surface area contributed by atoms with Gasteiger partial charge < -0.3 is 28.8 Å². The first-order valence-corrected chi connectivity index (χ1v) is 11.0. The fourth-order valence-electron chi connectivity index (χ4n) is 4.84. The fraction of sp³-hybridized carbons (Fsp3) is 0.480. The van der Waals surface area contributed by atoms with E-state index in [1.54, 1.807) is 37.3 Å². The Morgan fingerprint density at radius 1 is 1.29 bits per heavy atom. The first-order valence-electron chi connectivity index (χ1n) is 11.0. The molecular weight excluding hydrogens is 444 g/mol. The molecule has 2 bridgehead atoms. The van der Waals surface area contributed by atoms with Gasteiger partial charge in [0.25, 0.3) is 0 Å². The summed E-state index contributed by atoms with van der Waals surface area (Å²) in [5.74, 6) is -2.00. The quantitative estimate of drug-likeness (QED) is 0.492. The number of carbonyl (C=O) groups excluding carboxylic acids is 3. The highest BCUT2D eigenvalue weighted by molar-refractivity contribution is 5.95. The lowest BCUT2D eigenvalue weighted by Gasteiger charge is -2.42. The Hall–Kier alpha value is -3.01. The maximum Gasteiger partial charge on any atom is 0.343 e. The van der Waals surface area contributed by atoms with Gasteiger partial charge in [0.05, 0.1) is 11.2 Å². The third-order valence-electron chi connectivity index (χ3n) is 6.57. The minimum absolute atomic E-state index is 0.107. The fourth-order valence-corrected chi connectivity index (χ4v) is 4.84. The van der Waals surface area contributed by atoms with E-state index >= 15 is 0 Å². The summed E-state index contributed by atoms with van der Waals surface area (Å²) in [6, 6.07) is 6.49. The lowest BCUT2D eigenvalue weighted by Crippen LogP contribution is -2.56. The Morgan fingerprint density at radius 3 is 2.74 bits per heavy atom. The second-order valence-corrected chi connectivity index (χ2v) is 9.22. The number of ether oxygens (including phenoxy) is 5. The Bertz CT molecular complexity index is 1090. The van der Waals surface area contributed by atoms with Crippen molar-refractivity contribution >= 4 is 18.2 Å². The van der Waals surface area contributed by atoms with Gasteiger partial charge in [-0.2, -0.15) is 0 Å². The minimum Gasteiger partial charge on any atom is -0.489 e. The van der Waals surface area contributed by atoms with Crippen molar-refractivity contribution in [3.63, 3.8) is 0 Å². The first-order chi connectivity index (χ1) is 16.0. The number of benzene rings is 1. The van der Waals surface area contributed by atoms with Crippen LogP contribution < -0.4 is 4.74 Å². The molecule has 3 aliphatic heterocycles. The topological polar surface area (TPSA) is 118 Å². The zero-order valence-corrected chi connectivity index (χ0v) is 19.6. The van der Waals surface area contributed by atoms with E-state index in [4.69, 9.17) is 23.7 Å². The molecule has 1 saturated heterocycles. The molecular formula is C25H28O9. The molecule has 1 aromatic carbocycles. The van der Waals surface area contributed by atoms with Crippen molar-refractivity contribution in [2.24, 2.45) is 0 Å². The van der Waals surface area contributed by atoms with Crippen LogP contribution in [-0.2, 0) is 28.5 Å². The maximum atomic E-state index is 12.9. The normalized spacial score (nSPS) is 32.7. The average molecular weight is 472 g/mol. The van der Waals surface area contributed by atoms with Crippen LogP contribution in [0, 0.1) is 0 Å². The molecule has 0 unspecified atom stereocenters. The molecule has 34 heavy (non-hydrogen) atoms. The van der Waals surface area contributed by atoms with Gasteiger partial charge in [0, 0.05) is 38.0 Å². The summed E-state index contributed by atoms with van der Waals surface area (Å²) in [7, 11) is 1.46. The largest absolute Gasteiger partial charge is 0.489 e. The van der Waals surface area contributed by atoms with Crippen LogP contribution >= 0.6 is 0 Å². The maximum absolute atomic E-state index is 12.9. The smallest absolute Gasteiger partial charge is 0.343 e. The van der Waals surface area contributed by atoms with Crippen molar-refractivity contribution in [3.8, 4) is 5.75 Å². The van der Waals surface area contributed by atoms with E-state index in [0.717, 1.165) is 0 Å². The lowest BCUT2D eigenvalue weighted by atomic mass is 9.82. The van der Waals surface area contributed by atoms with Gasteiger partial charge in [0.1, 0.15) is 36.1 Å². The molecule has 0 spiro atoms. The molecule has 1 aromatic rings. The SMILES string of the molecule is CO[C@]12CC[C@](C)(C=C3OC(=O)C(COc4cccc(C=O)c4)=C3[C@H](OC(C)=O)C[C@]1(C)O)O2. The van der Waals surface area contributed by atoms with Crippen LogP contribution in [0.2, 0.25) is 0 Å². The highest BCUT2D eigenvalue weighted by Crippen LogP contribution is 2.50. The molecule has 0 radical (unpaired) electrons. The highest BCUT2D eigenvalue weighted by Gasteiger charge is 2.60. The van der Waals surface area contributed by atoms with E-state index in [2.05, 4.69) is 0 Å². The van der Waals surface area contributed by atoms with E-state index in [1.807, 2.05) is 6.92 Å². The number of aliphatic hydroxyl groups is 1. The van der Waals surface area contributed by atoms with Gasteiger partial charge in [-0.15, -0.1) is 0 Å². The number of hydrogen-bond donors (Lipinski definition) is 1. The summed E-state index contributed by atoms with van der Waals surface area (Å²) in [6.07, 6.45) is 2.12. The molecule has 1 N–H and O–H groups in total. The third kappa shape index (κ3) is 4.26. The average Bonchev–Trinajstić information content (AvgIpc) is 3.28. The number of methoxy groups -OCH3 is 1. The van der Waals surface area contributed by atoms with Crippen molar-refractivity contribution in [3.05, 3.63) is 52.8 Å². The number of rotatable bonds is 6. The van der Waals surface area contributed by atoms with Gasteiger partial charge in [0.15, 0.2) is 5.79 Å². The van der Waals surface area contributed by atoms with Gasteiger partial charge in [-0.25, -0.2) is 4.79 Å². The van der Waals surface area contributed by atoms with E-state index in [-0.39, 0.29) is 24.4 Å². The number of esters is 2. The van der Waals surface area contributed by atoms with E-state index in [1.165, 1.54) is 14.0 Å². The number of fused-ring (bicyclic) bond motifs is 3. The Kier molecular flexibility index (Phi) is 6.14. The summed E-state index contributed by atoms with van der Waals surface area (Å²) in [6.45, 7) is 4.43. The molecule has 0 saturated carbocycles. The third-order valence-corrected chi connectivity index (χ3v) is 6.57. The van der Waals surface area contributed by atoms with Gasteiger partial charge in [-0.05, 0) is 38.5 Å². The van der Waals surface area contributed by atoms with Crippen molar-refractivity contribution in [1.82, 2.24) is 0 Å². The molecule has 9 heteroatoms. The molecule has 0 aromatic heterocycles. The summed E-state index contributed by atoms with van der Waals surface area (Å²) in [5.41, 5.74) is -1.59. The standard InChI is InChI=1S/C25H28O9/c1-15(27)32-20-12-24(3,29)25(30-4)9-8-23(2,34-25)11-19-21(20)18(22(28)33-19)14-31-17-7-5-6-16(10-17)13-26/h5-7,10-11,13,20,29H,8-9,12,14H2,1-4H3/t20-,23-,24+,25+/m1/s1. The van der Waals surface area contributed by atoms with Gasteiger partial charge in [0.2, 0.25) is 0 Å². The van der Waals surface area contributed by atoms with E-state index in [9.17, 15) is 19.5 Å². The van der Waals surface area contributed by atoms with Crippen LogP contribution in [-0.4, -0.2) is 60.1 Å². The summed E-state index contributed by atoms with van der Waals surface area (Å²) in [4.78, 5) is 36.0. The van der Waals surface area contributed by atoms with Gasteiger partial charge >= 0.3 is 11.9 Å². The van der Waals surface area contributed by atoms with Crippen molar-refractivity contribution in [2.75, 3.05) is 13.7 Å². The van der Waals surface area contributed by atoms with Crippen LogP contribution in [0.15, 0.2) is 47.2 Å². The van der Waals surface area contributed by atoms with Crippen LogP contribution in [0.4, 0.5) is 0 Å². The van der Waals surface area contributed by atoms with Crippen molar-refractivity contribution < 1.29 is 43.2 Å². The van der Waals surface area contributed by atoms with E-state index in [0.29, 0.717) is 36.0 Å². The van der Waals surface area contributed by atoms with Crippen LogP contribution in [0.25, 0.3) is 0 Å².